The maximum Gasteiger partial charge on any atom is 0.255 e. The molecule has 6 nitrogen and oxygen atoms in total. The second-order valence-corrected chi connectivity index (χ2v) is 7.73. The first-order chi connectivity index (χ1) is 15.4. The van der Waals surface area contributed by atoms with Gasteiger partial charge in [-0.25, -0.2) is 18.7 Å². The number of ether oxygens (including phenoxy) is 1. The smallest absolute Gasteiger partial charge is 0.255 e. The van der Waals surface area contributed by atoms with Gasteiger partial charge in [-0.1, -0.05) is 22.0 Å². The van der Waals surface area contributed by atoms with E-state index in [4.69, 9.17) is 4.74 Å². The SMILES string of the molecule is CCNC(=O)c1ccc(-c2cc(NCCc3c(F)cc(Br)cc3F)ncn2)cc1OCC. The molecule has 32 heavy (non-hydrogen) atoms. The predicted molar refractivity (Wildman–Crippen MR) is 123 cm³/mol. The van der Waals surface area contributed by atoms with E-state index in [1.807, 2.05) is 13.8 Å². The molecular weight excluding hydrogens is 482 g/mol. The molecule has 1 heterocycles. The molecule has 1 amide bonds. The Morgan fingerprint density at radius 2 is 1.84 bits per heavy atom. The van der Waals surface area contributed by atoms with Crippen LogP contribution in [0.15, 0.2) is 47.2 Å². The van der Waals surface area contributed by atoms with Crippen LogP contribution in [0.5, 0.6) is 5.75 Å². The lowest BCUT2D eigenvalue weighted by molar-refractivity contribution is 0.0952. The number of aromatic nitrogens is 2. The Morgan fingerprint density at radius 3 is 2.53 bits per heavy atom. The third kappa shape index (κ3) is 5.79. The van der Waals surface area contributed by atoms with Crippen molar-refractivity contribution in [1.82, 2.24) is 15.3 Å². The predicted octanol–water partition coefficient (Wildman–Crippen LogP) is 4.99. The molecule has 0 saturated carbocycles. The number of hydrogen-bond acceptors (Lipinski definition) is 5. The molecule has 0 aliphatic heterocycles. The molecular formula is C23H23BrF2N4O2. The Kier molecular flexibility index (Phi) is 8.10. The van der Waals surface area contributed by atoms with E-state index in [1.165, 1.54) is 18.5 Å². The molecule has 0 unspecified atom stereocenters. The monoisotopic (exact) mass is 504 g/mol. The van der Waals surface area contributed by atoms with Gasteiger partial charge in [-0.15, -0.1) is 0 Å². The lowest BCUT2D eigenvalue weighted by Gasteiger charge is -2.12. The van der Waals surface area contributed by atoms with Gasteiger partial charge in [0.25, 0.3) is 5.91 Å². The first-order valence-electron chi connectivity index (χ1n) is 10.2. The van der Waals surface area contributed by atoms with Crippen LogP contribution in [0.2, 0.25) is 0 Å². The number of halogens is 3. The number of benzene rings is 2. The molecule has 1 aromatic heterocycles. The van der Waals surface area contributed by atoms with Crippen molar-refractivity contribution in [1.29, 1.82) is 0 Å². The quantitative estimate of drug-likeness (QED) is 0.429. The number of rotatable bonds is 9. The summed E-state index contributed by atoms with van der Waals surface area (Å²) < 4.78 is 34.0. The maximum absolute atomic E-state index is 14.0. The van der Waals surface area contributed by atoms with Crippen LogP contribution in [0.1, 0.15) is 29.8 Å². The lowest BCUT2D eigenvalue weighted by Crippen LogP contribution is -2.23. The highest BCUT2D eigenvalue weighted by Gasteiger charge is 2.14. The zero-order valence-electron chi connectivity index (χ0n) is 17.7. The number of carbonyl (C=O) groups excluding carboxylic acids is 1. The van der Waals surface area contributed by atoms with E-state index < -0.39 is 11.6 Å². The highest BCUT2D eigenvalue weighted by molar-refractivity contribution is 9.10. The van der Waals surface area contributed by atoms with E-state index in [-0.39, 0.29) is 24.4 Å². The van der Waals surface area contributed by atoms with Crippen molar-refractivity contribution >= 4 is 27.7 Å². The van der Waals surface area contributed by atoms with Crippen molar-refractivity contribution in [2.45, 2.75) is 20.3 Å². The summed E-state index contributed by atoms with van der Waals surface area (Å²) in [4.78, 5) is 20.7. The van der Waals surface area contributed by atoms with Crippen LogP contribution in [0, 0.1) is 11.6 Å². The summed E-state index contributed by atoms with van der Waals surface area (Å²) in [7, 11) is 0. The zero-order chi connectivity index (χ0) is 23.1. The number of carbonyl (C=O) groups is 1. The van der Waals surface area contributed by atoms with Gasteiger partial charge in [0, 0.05) is 34.8 Å². The van der Waals surface area contributed by atoms with E-state index >= 15 is 0 Å². The van der Waals surface area contributed by atoms with E-state index in [2.05, 4.69) is 36.5 Å². The molecule has 2 N–H and O–H groups in total. The summed E-state index contributed by atoms with van der Waals surface area (Å²) >= 11 is 3.07. The molecule has 0 spiro atoms. The first kappa shape index (κ1) is 23.6. The Balaban J connectivity index is 1.76. The number of anilines is 1. The normalized spacial score (nSPS) is 10.7. The third-order valence-electron chi connectivity index (χ3n) is 4.61. The third-order valence-corrected chi connectivity index (χ3v) is 5.07. The van der Waals surface area contributed by atoms with Gasteiger partial charge in [0.2, 0.25) is 0 Å². The van der Waals surface area contributed by atoms with Crippen molar-refractivity contribution in [3.63, 3.8) is 0 Å². The van der Waals surface area contributed by atoms with Crippen LogP contribution >= 0.6 is 15.9 Å². The average molecular weight is 505 g/mol. The second kappa shape index (κ2) is 11.0. The van der Waals surface area contributed by atoms with Crippen LogP contribution < -0.4 is 15.4 Å². The molecule has 0 saturated heterocycles. The Hall–Kier alpha value is -3.07. The van der Waals surface area contributed by atoms with E-state index in [1.54, 1.807) is 24.3 Å². The summed E-state index contributed by atoms with van der Waals surface area (Å²) in [6.45, 7) is 4.91. The lowest BCUT2D eigenvalue weighted by atomic mass is 10.1. The number of hydrogen-bond donors (Lipinski definition) is 2. The van der Waals surface area contributed by atoms with Crippen molar-refractivity contribution < 1.29 is 18.3 Å². The Labute approximate surface area is 193 Å². The van der Waals surface area contributed by atoms with E-state index in [9.17, 15) is 13.6 Å². The van der Waals surface area contributed by atoms with Crippen molar-refractivity contribution in [2.75, 3.05) is 25.0 Å². The van der Waals surface area contributed by atoms with Crippen LogP contribution in [0.25, 0.3) is 11.3 Å². The van der Waals surface area contributed by atoms with Crippen LogP contribution in [0.3, 0.4) is 0 Å². The summed E-state index contributed by atoms with van der Waals surface area (Å²) in [6.07, 6.45) is 1.55. The summed E-state index contributed by atoms with van der Waals surface area (Å²) in [5.41, 5.74) is 1.82. The molecule has 168 valence electrons. The number of nitrogens with zero attached hydrogens (tertiary/aromatic N) is 2. The van der Waals surface area contributed by atoms with Gasteiger partial charge in [-0.05, 0) is 44.5 Å². The zero-order valence-corrected chi connectivity index (χ0v) is 19.3. The topological polar surface area (TPSA) is 76.1 Å². The molecule has 0 bridgehead atoms. The van der Waals surface area contributed by atoms with Crippen molar-refractivity contribution in [2.24, 2.45) is 0 Å². The van der Waals surface area contributed by atoms with Gasteiger partial charge >= 0.3 is 0 Å². The highest BCUT2D eigenvalue weighted by atomic mass is 79.9. The molecule has 9 heteroatoms. The van der Waals surface area contributed by atoms with Gasteiger partial charge in [0.1, 0.15) is 29.5 Å². The minimum Gasteiger partial charge on any atom is -0.493 e. The molecule has 3 aromatic rings. The minimum atomic E-state index is -0.599. The summed E-state index contributed by atoms with van der Waals surface area (Å²) in [5.74, 6) is -0.431. The first-order valence-corrected chi connectivity index (χ1v) is 11.0. The largest absolute Gasteiger partial charge is 0.493 e. The van der Waals surface area contributed by atoms with Gasteiger partial charge in [-0.3, -0.25) is 4.79 Å². The summed E-state index contributed by atoms with van der Waals surface area (Å²) in [5, 5.41) is 5.83. The Morgan fingerprint density at radius 1 is 1.09 bits per heavy atom. The van der Waals surface area contributed by atoms with Crippen LogP contribution in [-0.4, -0.2) is 35.6 Å². The fraction of sp³-hybridized carbons (Fsp3) is 0.261. The number of amides is 1. The number of nitrogens with one attached hydrogen (secondary N) is 2. The molecule has 3 rings (SSSR count). The standard InChI is InChI=1S/C23H23BrF2N4O2/c1-3-27-23(31)17-6-5-14(9-21(17)32-4-2)20-12-22(30-13-29-20)28-8-7-16-18(25)10-15(24)11-19(16)26/h5-6,9-13H,3-4,7-8H2,1-2H3,(H,27,31)(H,28,29,30). The van der Waals surface area contributed by atoms with Crippen molar-refractivity contribution in [3.05, 3.63) is 70.0 Å². The molecule has 0 radical (unpaired) electrons. The van der Waals surface area contributed by atoms with Gasteiger partial charge in [-0.2, -0.15) is 0 Å². The minimum absolute atomic E-state index is 0.0114. The van der Waals surface area contributed by atoms with Gasteiger partial charge < -0.3 is 15.4 Å². The summed E-state index contributed by atoms with van der Waals surface area (Å²) in [6, 6.07) is 9.44. The molecule has 0 atom stereocenters. The molecule has 0 fully saturated rings. The maximum atomic E-state index is 14.0. The van der Waals surface area contributed by atoms with E-state index in [0.717, 1.165) is 5.56 Å². The van der Waals surface area contributed by atoms with Gasteiger partial charge in [0.05, 0.1) is 17.9 Å². The van der Waals surface area contributed by atoms with Crippen LogP contribution in [-0.2, 0) is 6.42 Å². The highest BCUT2D eigenvalue weighted by Crippen LogP contribution is 2.27. The average Bonchev–Trinajstić information content (AvgIpc) is 2.76. The fourth-order valence-corrected chi connectivity index (χ4v) is 3.54. The molecule has 0 aliphatic carbocycles. The fourth-order valence-electron chi connectivity index (χ4n) is 3.14. The van der Waals surface area contributed by atoms with E-state index in [0.29, 0.717) is 40.4 Å². The second-order valence-electron chi connectivity index (χ2n) is 6.82. The molecule has 2 aromatic carbocycles. The molecule has 0 aliphatic rings. The van der Waals surface area contributed by atoms with Gasteiger partial charge in [0.15, 0.2) is 0 Å². The van der Waals surface area contributed by atoms with Crippen LogP contribution in [0.4, 0.5) is 14.6 Å². The van der Waals surface area contributed by atoms with Crippen molar-refractivity contribution in [3.8, 4) is 17.0 Å². The Bertz CT molecular complexity index is 1090.